The van der Waals surface area contributed by atoms with Gasteiger partial charge in [-0.25, -0.2) is 0 Å². The summed E-state index contributed by atoms with van der Waals surface area (Å²) >= 11 is 3.24. The van der Waals surface area contributed by atoms with Crippen molar-refractivity contribution in [3.63, 3.8) is 0 Å². The SMILES string of the molecule is CN(C)CCOCCNCc1ccc(Br)cc1[N+](=O)[O-]. The molecule has 0 saturated heterocycles. The van der Waals surface area contributed by atoms with Crippen molar-refractivity contribution in [3.8, 4) is 0 Å². The topological polar surface area (TPSA) is 67.6 Å². The van der Waals surface area contributed by atoms with Crippen LogP contribution in [-0.2, 0) is 11.3 Å². The molecular weight excluding hydrogens is 326 g/mol. The van der Waals surface area contributed by atoms with Crippen molar-refractivity contribution in [2.24, 2.45) is 0 Å². The van der Waals surface area contributed by atoms with Crippen molar-refractivity contribution in [3.05, 3.63) is 38.3 Å². The Morgan fingerprint density at radius 2 is 2.15 bits per heavy atom. The van der Waals surface area contributed by atoms with E-state index in [4.69, 9.17) is 4.74 Å². The smallest absolute Gasteiger partial charge is 0.275 e. The quantitative estimate of drug-likeness (QED) is 0.421. The Bertz CT molecular complexity index is 441. The van der Waals surface area contributed by atoms with Crippen molar-refractivity contribution in [2.45, 2.75) is 6.54 Å². The molecule has 0 aromatic heterocycles. The number of nitrogens with one attached hydrogen (secondary N) is 1. The summed E-state index contributed by atoms with van der Waals surface area (Å²) in [6.45, 7) is 3.30. The molecule has 1 N–H and O–H groups in total. The van der Waals surface area contributed by atoms with Gasteiger partial charge in [-0.2, -0.15) is 0 Å². The van der Waals surface area contributed by atoms with Gasteiger partial charge in [0.15, 0.2) is 0 Å². The molecule has 0 aliphatic heterocycles. The van der Waals surface area contributed by atoms with Gasteiger partial charge in [-0.15, -0.1) is 0 Å². The van der Waals surface area contributed by atoms with E-state index in [2.05, 4.69) is 26.1 Å². The van der Waals surface area contributed by atoms with Crippen LogP contribution in [0.1, 0.15) is 5.56 Å². The van der Waals surface area contributed by atoms with Crippen LogP contribution < -0.4 is 5.32 Å². The Kier molecular flexibility index (Phi) is 7.68. The summed E-state index contributed by atoms with van der Waals surface area (Å²) in [7, 11) is 3.99. The molecule has 6 nitrogen and oxygen atoms in total. The van der Waals surface area contributed by atoms with Gasteiger partial charge in [0, 0.05) is 35.7 Å². The van der Waals surface area contributed by atoms with E-state index in [1.165, 1.54) is 6.07 Å². The zero-order valence-corrected chi connectivity index (χ0v) is 13.4. The van der Waals surface area contributed by atoms with E-state index in [0.717, 1.165) is 6.54 Å². The van der Waals surface area contributed by atoms with Crippen LogP contribution in [0, 0.1) is 10.1 Å². The first-order valence-corrected chi connectivity index (χ1v) is 7.16. The summed E-state index contributed by atoms with van der Waals surface area (Å²) < 4.78 is 6.14. The average Bonchev–Trinajstić information content (AvgIpc) is 2.38. The fraction of sp³-hybridized carbons (Fsp3) is 0.538. The molecule has 0 fully saturated rings. The maximum Gasteiger partial charge on any atom is 0.275 e. The lowest BCUT2D eigenvalue weighted by atomic mass is 10.2. The van der Waals surface area contributed by atoms with Crippen LogP contribution in [0.2, 0.25) is 0 Å². The van der Waals surface area contributed by atoms with Gasteiger partial charge in [0.25, 0.3) is 5.69 Å². The standard InChI is InChI=1S/C13H20BrN3O3/c1-16(2)6-8-20-7-5-15-10-11-3-4-12(14)9-13(11)17(18)19/h3-4,9,15H,5-8,10H2,1-2H3. The third-order valence-electron chi connectivity index (χ3n) is 2.67. The van der Waals surface area contributed by atoms with Gasteiger partial charge in [0.1, 0.15) is 0 Å². The van der Waals surface area contributed by atoms with E-state index in [1.54, 1.807) is 12.1 Å². The van der Waals surface area contributed by atoms with Crippen LogP contribution in [-0.4, -0.2) is 50.2 Å². The molecule has 0 atom stereocenters. The molecule has 0 aliphatic rings. The summed E-state index contributed by atoms with van der Waals surface area (Å²) in [6, 6.07) is 5.07. The molecular formula is C13H20BrN3O3. The fourth-order valence-corrected chi connectivity index (χ4v) is 1.92. The van der Waals surface area contributed by atoms with Crippen molar-refractivity contribution < 1.29 is 9.66 Å². The van der Waals surface area contributed by atoms with E-state index in [9.17, 15) is 10.1 Å². The molecule has 1 aromatic carbocycles. The minimum Gasteiger partial charge on any atom is -0.379 e. The van der Waals surface area contributed by atoms with Gasteiger partial charge in [-0.05, 0) is 26.2 Å². The maximum absolute atomic E-state index is 10.9. The molecule has 0 bridgehead atoms. The van der Waals surface area contributed by atoms with Crippen molar-refractivity contribution in [1.29, 1.82) is 0 Å². The fourth-order valence-electron chi connectivity index (χ4n) is 1.57. The van der Waals surface area contributed by atoms with Gasteiger partial charge in [-0.1, -0.05) is 15.9 Å². The van der Waals surface area contributed by atoms with E-state index < -0.39 is 0 Å². The van der Waals surface area contributed by atoms with Crippen LogP contribution in [0.5, 0.6) is 0 Å². The number of halogens is 1. The molecule has 112 valence electrons. The van der Waals surface area contributed by atoms with Gasteiger partial charge < -0.3 is 15.0 Å². The Morgan fingerprint density at radius 1 is 1.40 bits per heavy atom. The third-order valence-corrected chi connectivity index (χ3v) is 3.16. The van der Waals surface area contributed by atoms with Gasteiger partial charge in [0.05, 0.1) is 18.1 Å². The Labute approximate surface area is 127 Å². The molecule has 0 radical (unpaired) electrons. The first kappa shape index (κ1) is 17.0. The van der Waals surface area contributed by atoms with E-state index in [-0.39, 0.29) is 10.6 Å². The zero-order chi connectivity index (χ0) is 15.0. The molecule has 0 saturated carbocycles. The van der Waals surface area contributed by atoms with Gasteiger partial charge in [0.2, 0.25) is 0 Å². The highest BCUT2D eigenvalue weighted by Gasteiger charge is 2.13. The van der Waals surface area contributed by atoms with Gasteiger partial charge in [-0.3, -0.25) is 10.1 Å². The average molecular weight is 346 g/mol. The lowest BCUT2D eigenvalue weighted by molar-refractivity contribution is -0.385. The maximum atomic E-state index is 10.9. The van der Waals surface area contributed by atoms with Crippen LogP contribution in [0.3, 0.4) is 0 Å². The minimum absolute atomic E-state index is 0.125. The molecule has 0 unspecified atom stereocenters. The monoisotopic (exact) mass is 345 g/mol. The molecule has 0 amide bonds. The highest BCUT2D eigenvalue weighted by atomic mass is 79.9. The number of benzene rings is 1. The van der Waals surface area contributed by atoms with Crippen LogP contribution in [0.25, 0.3) is 0 Å². The molecule has 7 heteroatoms. The predicted octanol–water partition coefficient (Wildman–Crippen LogP) is 2.03. The Morgan fingerprint density at radius 3 is 2.80 bits per heavy atom. The summed E-state index contributed by atoms with van der Waals surface area (Å²) in [4.78, 5) is 12.6. The summed E-state index contributed by atoms with van der Waals surface area (Å²) in [5, 5.41) is 14.1. The first-order chi connectivity index (χ1) is 9.50. The third kappa shape index (κ3) is 6.42. The molecule has 20 heavy (non-hydrogen) atoms. The highest BCUT2D eigenvalue weighted by molar-refractivity contribution is 9.10. The second-order valence-corrected chi connectivity index (χ2v) is 5.54. The summed E-state index contributed by atoms with van der Waals surface area (Å²) in [5.41, 5.74) is 0.798. The molecule has 0 spiro atoms. The van der Waals surface area contributed by atoms with E-state index in [0.29, 0.717) is 36.3 Å². The number of ether oxygens (including phenoxy) is 1. The molecule has 1 aromatic rings. The molecule has 1 rings (SSSR count). The van der Waals surface area contributed by atoms with Crippen molar-refractivity contribution >= 4 is 21.6 Å². The number of hydrogen-bond donors (Lipinski definition) is 1. The summed E-state index contributed by atoms with van der Waals surface area (Å²) in [6.07, 6.45) is 0. The molecule has 0 heterocycles. The van der Waals surface area contributed by atoms with E-state index >= 15 is 0 Å². The highest BCUT2D eigenvalue weighted by Crippen LogP contribution is 2.23. The second-order valence-electron chi connectivity index (χ2n) is 4.62. The number of hydrogen-bond acceptors (Lipinski definition) is 5. The van der Waals surface area contributed by atoms with Crippen molar-refractivity contribution in [1.82, 2.24) is 10.2 Å². The number of rotatable bonds is 9. The van der Waals surface area contributed by atoms with Crippen LogP contribution in [0.4, 0.5) is 5.69 Å². The zero-order valence-electron chi connectivity index (χ0n) is 11.8. The largest absolute Gasteiger partial charge is 0.379 e. The lowest BCUT2D eigenvalue weighted by Gasteiger charge is -2.10. The number of likely N-dealkylation sites (N-methyl/N-ethyl adjacent to an activating group) is 1. The first-order valence-electron chi connectivity index (χ1n) is 6.36. The number of nitro groups is 1. The van der Waals surface area contributed by atoms with Gasteiger partial charge >= 0.3 is 0 Å². The number of nitrogens with zero attached hydrogens (tertiary/aromatic N) is 2. The Hall–Kier alpha value is -1.02. The summed E-state index contributed by atoms with van der Waals surface area (Å²) in [5.74, 6) is 0. The normalized spacial score (nSPS) is 11.0. The van der Waals surface area contributed by atoms with Crippen LogP contribution >= 0.6 is 15.9 Å². The van der Waals surface area contributed by atoms with Crippen molar-refractivity contribution in [2.75, 3.05) is 40.4 Å². The predicted molar refractivity (Wildman–Crippen MR) is 81.9 cm³/mol. The van der Waals surface area contributed by atoms with Crippen LogP contribution in [0.15, 0.2) is 22.7 Å². The minimum atomic E-state index is -0.366. The Balaban J connectivity index is 2.30. The lowest BCUT2D eigenvalue weighted by Crippen LogP contribution is -2.23. The molecule has 0 aliphatic carbocycles. The second kappa shape index (κ2) is 9.02. The van der Waals surface area contributed by atoms with E-state index in [1.807, 2.05) is 14.1 Å². The number of nitro benzene ring substituents is 1.